The normalized spacial score (nSPS) is 10.4. The van der Waals surface area contributed by atoms with E-state index in [4.69, 9.17) is 16.3 Å². The molecule has 0 aliphatic carbocycles. The Morgan fingerprint density at radius 2 is 1.79 bits per heavy atom. The van der Waals surface area contributed by atoms with E-state index in [2.05, 4.69) is 40.2 Å². The molecular formula is C16H16BrClO. The third-order valence-electron chi connectivity index (χ3n) is 2.89. The van der Waals surface area contributed by atoms with Crippen LogP contribution in [-0.4, -0.2) is 6.61 Å². The Morgan fingerprint density at radius 1 is 1.00 bits per heavy atom. The van der Waals surface area contributed by atoms with Gasteiger partial charge in [-0.1, -0.05) is 42.5 Å². The van der Waals surface area contributed by atoms with E-state index in [1.165, 1.54) is 5.56 Å². The Balaban J connectivity index is 1.86. The fourth-order valence-corrected chi connectivity index (χ4v) is 2.65. The van der Waals surface area contributed by atoms with Gasteiger partial charge in [0.2, 0.25) is 0 Å². The van der Waals surface area contributed by atoms with Gasteiger partial charge >= 0.3 is 0 Å². The number of benzene rings is 2. The summed E-state index contributed by atoms with van der Waals surface area (Å²) in [6, 6.07) is 16.4. The molecule has 0 unspecified atom stereocenters. The lowest BCUT2D eigenvalue weighted by atomic mass is 10.1. The van der Waals surface area contributed by atoms with E-state index < -0.39 is 0 Å². The first-order valence-electron chi connectivity index (χ1n) is 6.31. The van der Waals surface area contributed by atoms with Crippen LogP contribution in [0.2, 0.25) is 0 Å². The summed E-state index contributed by atoms with van der Waals surface area (Å²) in [7, 11) is 0. The second-order valence-corrected chi connectivity index (χ2v) is 5.42. The maximum absolute atomic E-state index is 5.91. The zero-order valence-electron chi connectivity index (χ0n) is 10.6. The van der Waals surface area contributed by atoms with Gasteiger partial charge in [0.15, 0.2) is 0 Å². The molecule has 0 saturated carbocycles. The summed E-state index contributed by atoms with van der Waals surface area (Å²) in [5.41, 5.74) is 2.37. The maximum Gasteiger partial charge on any atom is 0.137 e. The molecule has 0 aromatic heterocycles. The van der Waals surface area contributed by atoms with Crippen molar-refractivity contribution < 1.29 is 4.74 Å². The summed E-state index contributed by atoms with van der Waals surface area (Å²) in [5, 5.41) is 0. The molecule has 19 heavy (non-hydrogen) atoms. The van der Waals surface area contributed by atoms with Crippen LogP contribution in [0.1, 0.15) is 17.5 Å². The minimum Gasteiger partial charge on any atom is -0.492 e. The number of aryl methyl sites for hydroxylation is 1. The maximum atomic E-state index is 5.91. The van der Waals surface area contributed by atoms with Gasteiger partial charge in [0.25, 0.3) is 0 Å². The van der Waals surface area contributed by atoms with E-state index in [0.29, 0.717) is 12.5 Å². The fraction of sp³-hybridized carbons (Fsp3) is 0.250. The largest absolute Gasteiger partial charge is 0.492 e. The Morgan fingerprint density at radius 3 is 2.53 bits per heavy atom. The molecule has 0 atom stereocenters. The number of ether oxygens (including phenoxy) is 1. The van der Waals surface area contributed by atoms with E-state index >= 15 is 0 Å². The molecule has 3 heteroatoms. The van der Waals surface area contributed by atoms with E-state index in [0.717, 1.165) is 28.6 Å². The molecule has 2 aromatic rings. The van der Waals surface area contributed by atoms with Crippen LogP contribution in [0.25, 0.3) is 0 Å². The van der Waals surface area contributed by atoms with Crippen LogP contribution in [0.5, 0.6) is 5.75 Å². The van der Waals surface area contributed by atoms with Crippen LogP contribution in [0.4, 0.5) is 0 Å². The van der Waals surface area contributed by atoms with Crippen LogP contribution in [0.15, 0.2) is 53.0 Å². The van der Waals surface area contributed by atoms with E-state index in [1.54, 1.807) is 0 Å². The molecule has 0 N–H and O–H groups in total. The Labute approximate surface area is 127 Å². The molecular weight excluding hydrogens is 324 g/mol. The number of alkyl halides is 1. The summed E-state index contributed by atoms with van der Waals surface area (Å²) in [5.74, 6) is 1.33. The zero-order valence-corrected chi connectivity index (χ0v) is 13.0. The van der Waals surface area contributed by atoms with Gasteiger partial charge in [0.1, 0.15) is 5.75 Å². The van der Waals surface area contributed by atoms with Crippen molar-refractivity contribution in [2.45, 2.75) is 18.7 Å². The lowest BCUT2D eigenvalue weighted by Crippen LogP contribution is -2.02. The number of hydrogen-bond donors (Lipinski definition) is 0. The van der Waals surface area contributed by atoms with Crippen LogP contribution in [0, 0.1) is 0 Å². The number of hydrogen-bond acceptors (Lipinski definition) is 1. The molecule has 1 nitrogen and oxygen atoms in total. The molecule has 0 spiro atoms. The minimum absolute atomic E-state index is 0.466. The molecule has 0 aliphatic heterocycles. The zero-order chi connectivity index (χ0) is 13.5. The molecule has 0 fully saturated rings. The lowest BCUT2D eigenvalue weighted by Gasteiger charge is -2.11. The number of rotatable bonds is 6. The number of halogens is 2. The van der Waals surface area contributed by atoms with Crippen molar-refractivity contribution >= 4 is 27.5 Å². The second-order valence-electron chi connectivity index (χ2n) is 4.30. The summed E-state index contributed by atoms with van der Waals surface area (Å²) in [6.45, 7) is 0.696. The highest BCUT2D eigenvalue weighted by Gasteiger charge is 2.06. The molecule has 0 aliphatic rings. The highest BCUT2D eigenvalue weighted by atomic mass is 79.9. The summed E-state index contributed by atoms with van der Waals surface area (Å²) in [4.78, 5) is 0. The first-order chi connectivity index (χ1) is 9.31. The molecule has 2 rings (SSSR count). The van der Waals surface area contributed by atoms with Crippen molar-refractivity contribution in [1.82, 2.24) is 0 Å². The van der Waals surface area contributed by atoms with Crippen molar-refractivity contribution in [3.8, 4) is 5.75 Å². The van der Waals surface area contributed by atoms with Gasteiger partial charge in [0, 0.05) is 5.56 Å². The van der Waals surface area contributed by atoms with Gasteiger partial charge in [-0.2, -0.15) is 0 Å². The monoisotopic (exact) mass is 338 g/mol. The van der Waals surface area contributed by atoms with Gasteiger partial charge in [-0.05, 0) is 40.4 Å². The third-order valence-corrected chi connectivity index (χ3v) is 3.80. The lowest BCUT2D eigenvalue weighted by molar-refractivity contribution is 0.307. The molecule has 100 valence electrons. The molecule has 0 bridgehead atoms. The summed E-state index contributed by atoms with van der Waals surface area (Å²) >= 11 is 9.41. The Hall–Kier alpha value is -0.990. The Kier molecular flexibility index (Phi) is 5.74. The van der Waals surface area contributed by atoms with E-state index in [9.17, 15) is 0 Å². The summed E-state index contributed by atoms with van der Waals surface area (Å²) in [6.07, 6.45) is 2.02. The van der Waals surface area contributed by atoms with Crippen molar-refractivity contribution in [2.75, 3.05) is 6.61 Å². The van der Waals surface area contributed by atoms with Crippen molar-refractivity contribution in [3.05, 3.63) is 64.1 Å². The Bertz CT molecular complexity index is 513. The van der Waals surface area contributed by atoms with Crippen LogP contribution >= 0.6 is 27.5 Å². The molecule has 0 amide bonds. The number of para-hydroxylation sites is 1. The fourth-order valence-electron chi connectivity index (χ4n) is 1.92. The molecule has 0 radical (unpaired) electrons. The molecule has 2 aromatic carbocycles. The standard InChI is InChI=1S/C16H16BrClO/c17-15-10-4-9-14(12-18)16(15)19-11-5-8-13-6-2-1-3-7-13/h1-4,6-7,9-10H,5,8,11-12H2. The second kappa shape index (κ2) is 7.56. The van der Waals surface area contributed by atoms with Gasteiger partial charge < -0.3 is 4.74 Å². The van der Waals surface area contributed by atoms with Gasteiger partial charge in [0.05, 0.1) is 17.0 Å². The average molecular weight is 340 g/mol. The topological polar surface area (TPSA) is 9.23 Å². The highest BCUT2D eigenvalue weighted by molar-refractivity contribution is 9.10. The van der Waals surface area contributed by atoms with Crippen molar-refractivity contribution in [3.63, 3.8) is 0 Å². The van der Waals surface area contributed by atoms with Gasteiger partial charge in [-0.25, -0.2) is 0 Å². The van der Waals surface area contributed by atoms with Crippen LogP contribution < -0.4 is 4.74 Å². The van der Waals surface area contributed by atoms with Crippen molar-refractivity contribution in [2.24, 2.45) is 0 Å². The van der Waals surface area contributed by atoms with Gasteiger partial charge in [-0.15, -0.1) is 11.6 Å². The highest BCUT2D eigenvalue weighted by Crippen LogP contribution is 2.30. The average Bonchev–Trinajstić information content (AvgIpc) is 2.46. The predicted molar refractivity (Wildman–Crippen MR) is 84.0 cm³/mol. The third kappa shape index (κ3) is 4.26. The van der Waals surface area contributed by atoms with E-state index in [1.807, 2.05) is 24.3 Å². The molecule has 0 saturated heterocycles. The smallest absolute Gasteiger partial charge is 0.137 e. The first kappa shape index (κ1) is 14.4. The van der Waals surface area contributed by atoms with Crippen LogP contribution in [-0.2, 0) is 12.3 Å². The predicted octanol–water partition coefficient (Wildman–Crippen LogP) is 5.20. The minimum atomic E-state index is 0.466. The van der Waals surface area contributed by atoms with Gasteiger partial charge in [-0.3, -0.25) is 0 Å². The summed E-state index contributed by atoms with van der Waals surface area (Å²) < 4.78 is 6.81. The van der Waals surface area contributed by atoms with Crippen LogP contribution in [0.3, 0.4) is 0 Å². The van der Waals surface area contributed by atoms with E-state index in [-0.39, 0.29) is 0 Å². The quantitative estimate of drug-likeness (QED) is 0.519. The SMILES string of the molecule is ClCc1cccc(Br)c1OCCCc1ccccc1. The first-order valence-corrected chi connectivity index (χ1v) is 7.64. The molecule has 0 heterocycles. The van der Waals surface area contributed by atoms with Crippen molar-refractivity contribution in [1.29, 1.82) is 0 Å².